The molecule has 5 nitrogen and oxygen atoms in total. The third-order valence-electron chi connectivity index (χ3n) is 1.93. The Balaban J connectivity index is 3.49. The van der Waals surface area contributed by atoms with Crippen LogP contribution in [0.5, 0.6) is 0 Å². The van der Waals surface area contributed by atoms with E-state index in [9.17, 15) is 13.2 Å². The molecule has 14 heavy (non-hydrogen) atoms. The molecule has 0 atom stereocenters. The van der Waals surface area contributed by atoms with Crippen LogP contribution in [-0.2, 0) is 16.9 Å². The maximum absolute atomic E-state index is 11.4. The molecular weight excluding hydrogens is 204 g/mol. The fourth-order valence-electron chi connectivity index (χ4n) is 1.04. The summed E-state index contributed by atoms with van der Waals surface area (Å²) in [5, 5.41) is 0. The van der Waals surface area contributed by atoms with Crippen LogP contribution in [0, 0.1) is 0 Å². The molecule has 0 aliphatic carbocycles. The Morgan fingerprint density at radius 2 is 2.07 bits per heavy atom. The highest BCUT2D eigenvalue weighted by Crippen LogP contribution is 2.10. The van der Waals surface area contributed by atoms with E-state index in [0.29, 0.717) is 0 Å². The molecule has 0 fully saturated rings. The Hall–Kier alpha value is -1.30. The molecule has 1 aromatic heterocycles. The third-order valence-corrected chi connectivity index (χ3v) is 3.63. The molecule has 0 aliphatic rings. The SMILES string of the molecule is CCS(=O)(=O)c1cc(N)c(=O)n(C)c1. The van der Waals surface area contributed by atoms with E-state index in [2.05, 4.69) is 0 Å². The molecule has 0 aliphatic heterocycles. The van der Waals surface area contributed by atoms with Gasteiger partial charge >= 0.3 is 0 Å². The number of pyridine rings is 1. The largest absolute Gasteiger partial charge is 0.394 e. The summed E-state index contributed by atoms with van der Waals surface area (Å²) >= 11 is 0. The van der Waals surface area contributed by atoms with Crippen LogP contribution in [0.2, 0.25) is 0 Å². The molecule has 0 spiro atoms. The summed E-state index contributed by atoms with van der Waals surface area (Å²) in [7, 11) is -1.83. The lowest BCUT2D eigenvalue weighted by Gasteiger charge is -2.05. The fraction of sp³-hybridized carbons (Fsp3) is 0.375. The van der Waals surface area contributed by atoms with Gasteiger partial charge in [0.1, 0.15) is 0 Å². The summed E-state index contributed by atoms with van der Waals surface area (Å²) in [5.74, 6) is -0.00928. The van der Waals surface area contributed by atoms with E-state index < -0.39 is 9.84 Å². The van der Waals surface area contributed by atoms with Crippen LogP contribution in [0.15, 0.2) is 22.0 Å². The number of nitrogen functional groups attached to an aromatic ring is 1. The van der Waals surface area contributed by atoms with E-state index in [4.69, 9.17) is 5.73 Å². The van der Waals surface area contributed by atoms with Crippen LogP contribution >= 0.6 is 0 Å². The van der Waals surface area contributed by atoms with Crippen LogP contribution in [0.3, 0.4) is 0 Å². The zero-order valence-corrected chi connectivity index (χ0v) is 8.84. The van der Waals surface area contributed by atoms with E-state index >= 15 is 0 Å². The van der Waals surface area contributed by atoms with E-state index in [-0.39, 0.29) is 21.9 Å². The summed E-state index contributed by atoms with van der Waals surface area (Å²) < 4.78 is 24.1. The van der Waals surface area contributed by atoms with Crippen LogP contribution in [0.1, 0.15) is 6.92 Å². The van der Waals surface area contributed by atoms with Gasteiger partial charge in [0, 0.05) is 13.2 Å². The van der Waals surface area contributed by atoms with Crippen LogP contribution < -0.4 is 11.3 Å². The molecule has 0 unspecified atom stereocenters. The molecule has 0 bridgehead atoms. The minimum Gasteiger partial charge on any atom is -0.394 e. The van der Waals surface area contributed by atoms with Gasteiger partial charge in [0.2, 0.25) is 0 Å². The normalized spacial score (nSPS) is 11.6. The number of hydrogen-bond acceptors (Lipinski definition) is 4. The number of aryl methyl sites for hydroxylation is 1. The first kappa shape index (κ1) is 10.8. The minimum absolute atomic E-state index is 0.00928. The zero-order valence-electron chi connectivity index (χ0n) is 8.02. The molecule has 1 aromatic rings. The summed E-state index contributed by atoms with van der Waals surface area (Å²) in [6, 6.07) is 1.20. The maximum atomic E-state index is 11.4. The highest BCUT2D eigenvalue weighted by atomic mass is 32.2. The lowest BCUT2D eigenvalue weighted by molar-refractivity contribution is 0.595. The van der Waals surface area contributed by atoms with Gasteiger partial charge in [-0.2, -0.15) is 0 Å². The van der Waals surface area contributed by atoms with Crippen molar-refractivity contribution in [2.24, 2.45) is 7.05 Å². The molecule has 0 saturated heterocycles. The second kappa shape index (κ2) is 3.45. The van der Waals surface area contributed by atoms with Crippen molar-refractivity contribution in [2.45, 2.75) is 11.8 Å². The molecule has 6 heteroatoms. The van der Waals surface area contributed by atoms with Crippen molar-refractivity contribution in [1.29, 1.82) is 0 Å². The molecule has 0 amide bonds. The van der Waals surface area contributed by atoms with E-state index in [1.54, 1.807) is 0 Å². The molecule has 1 rings (SSSR count). The van der Waals surface area contributed by atoms with Gasteiger partial charge in [0.15, 0.2) is 9.84 Å². The van der Waals surface area contributed by atoms with Crippen molar-refractivity contribution in [3.05, 3.63) is 22.6 Å². The Kier molecular flexibility index (Phi) is 2.66. The standard InChI is InChI=1S/C8H12N2O3S/c1-3-14(12,13)6-4-7(9)8(11)10(2)5-6/h4-5H,3,9H2,1-2H3. The van der Waals surface area contributed by atoms with E-state index in [0.717, 1.165) is 4.57 Å². The highest BCUT2D eigenvalue weighted by Gasteiger charge is 2.13. The third kappa shape index (κ3) is 1.79. The number of aromatic nitrogens is 1. The number of hydrogen-bond donors (Lipinski definition) is 1. The molecule has 1 heterocycles. The Morgan fingerprint density at radius 1 is 1.50 bits per heavy atom. The average Bonchev–Trinajstić information content (AvgIpc) is 2.13. The second-order valence-corrected chi connectivity index (χ2v) is 5.23. The quantitative estimate of drug-likeness (QED) is 0.739. The molecule has 0 saturated carbocycles. The monoisotopic (exact) mass is 216 g/mol. The van der Waals surface area contributed by atoms with E-state index in [1.807, 2.05) is 0 Å². The number of sulfone groups is 1. The Morgan fingerprint density at radius 3 is 2.50 bits per heavy atom. The summed E-state index contributed by atoms with van der Waals surface area (Å²) in [6.07, 6.45) is 1.28. The number of rotatable bonds is 2. The first-order valence-electron chi connectivity index (χ1n) is 4.07. The van der Waals surface area contributed by atoms with Gasteiger partial charge in [-0.05, 0) is 6.07 Å². The van der Waals surface area contributed by atoms with Gasteiger partial charge in [-0.15, -0.1) is 0 Å². The molecule has 78 valence electrons. The lowest BCUT2D eigenvalue weighted by Crippen LogP contribution is -2.21. The summed E-state index contributed by atoms with van der Waals surface area (Å²) in [6.45, 7) is 1.54. The van der Waals surface area contributed by atoms with Crippen LogP contribution in [0.25, 0.3) is 0 Å². The van der Waals surface area contributed by atoms with Gasteiger partial charge in [-0.3, -0.25) is 4.79 Å². The van der Waals surface area contributed by atoms with Crippen molar-refractivity contribution in [1.82, 2.24) is 4.57 Å². The predicted octanol–water partition coefficient (Wildman–Crippen LogP) is -0.239. The van der Waals surface area contributed by atoms with Crippen LogP contribution in [0.4, 0.5) is 5.69 Å². The minimum atomic E-state index is -3.30. The molecular formula is C8H12N2O3S. The van der Waals surface area contributed by atoms with Crippen molar-refractivity contribution < 1.29 is 8.42 Å². The van der Waals surface area contributed by atoms with Crippen molar-refractivity contribution in [3.63, 3.8) is 0 Å². The first-order valence-corrected chi connectivity index (χ1v) is 5.72. The van der Waals surface area contributed by atoms with Gasteiger partial charge in [-0.25, -0.2) is 8.42 Å². The van der Waals surface area contributed by atoms with E-state index in [1.165, 1.54) is 26.2 Å². The summed E-state index contributed by atoms with van der Waals surface area (Å²) in [4.78, 5) is 11.3. The topological polar surface area (TPSA) is 82.2 Å². The van der Waals surface area contributed by atoms with Gasteiger partial charge in [0.25, 0.3) is 5.56 Å². The lowest BCUT2D eigenvalue weighted by atomic mass is 10.4. The second-order valence-electron chi connectivity index (χ2n) is 2.95. The van der Waals surface area contributed by atoms with Gasteiger partial charge in [0.05, 0.1) is 16.3 Å². The van der Waals surface area contributed by atoms with Crippen LogP contribution in [-0.4, -0.2) is 18.7 Å². The van der Waals surface area contributed by atoms with Crippen molar-refractivity contribution in [3.8, 4) is 0 Å². The van der Waals surface area contributed by atoms with Crippen molar-refractivity contribution >= 4 is 15.5 Å². The molecule has 0 aromatic carbocycles. The maximum Gasteiger partial charge on any atom is 0.273 e. The number of anilines is 1. The Bertz CT molecular complexity index is 476. The zero-order chi connectivity index (χ0) is 10.9. The first-order chi connectivity index (χ1) is 6.38. The van der Waals surface area contributed by atoms with Gasteiger partial charge in [-0.1, -0.05) is 6.92 Å². The predicted molar refractivity (Wildman–Crippen MR) is 53.8 cm³/mol. The number of nitrogens with two attached hydrogens (primary N) is 1. The fourth-order valence-corrected chi connectivity index (χ4v) is 2.00. The number of nitrogens with zero attached hydrogens (tertiary/aromatic N) is 1. The Labute approximate surface area is 82.1 Å². The van der Waals surface area contributed by atoms with Crippen molar-refractivity contribution in [2.75, 3.05) is 11.5 Å². The summed E-state index contributed by atoms with van der Waals surface area (Å²) in [5.41, 5.74) is 4.93. The van der Waals surface area contributed by atoms with Gasteiger partial charge < -0.3 is 10.3 Å². The highest BCUT2D eigenvalue weighted by molar-refractivity contribution is 7.91. The molecule has 2 N–H and O–H groups in total. The smallest absolute Gasteiger partial charge is 0.273 e. The average molecular weight is 216 g/mol. The molecule has 0 radical (unpaired) electrons.